The van der Waals surface area contributed by atoms with Gasteiger partial charge in [0.15, 0.2) is 11.4 Å². The van der Waals surface area contributed by atoms with Crippen LogP contribution in [-0.4, -0.2) is 42.6 Å². The molecule has 1 aliphatic heterocycles. The molecule has 2 aromatic heterocycles. The second kappa shape index (κ2) is 10.9. The van der Waals surface area contributed by atoms with Crippen molar-refractivity contribution >= 4 is 0 Å². The number of aromatic nitrogens is 5. The average molecular weight is 528 g/mol. The zero-order valence-corrected chi connectivity index (χ0v) is 23.2. The molecule has 0 bridgehead atoms. The lowest BCUT2D eigenvalue weighted by Crippen LogP contribution is -2.47. The van der Waals surface area contributed by atoms with E-state index in [1.54, 1.807) is 21.6 Å². The molecule has 1 fully saturated rings. The third-order valence-corrected chi connectivity index (χ3v) is 7.37. The van der Waals surface area contributed by atoms with Gasteiger partial charge in [-0.05, 0) is 47.4 Å². The number of aryl methyl sites for hydroxylation is 2. The Labute approximate surface area is 229 Å². The lowest BCUT2D eigenvalue weighted by atomic mass is 9.87. The molecular weight excluding hydrogens is 490 g/mol. The van der Waals surface area contributed by atoms with Gasteiger partial charge in [-0.15, -0.1) is 0 Å². The topological polar surface area (TPSA) is 95.1 Å². The van der Waals surface area contributed by atoms with Crippen molar-refractivity contribution in [1.29, 1.82) is 0 Å². The Morgan fingerprint density at radius 3 is 2.13 bits per heavy atom. The first-order valence-electron chi connectivity index (χ1n) is 13.6. The molecule has 5 rings (SSSR count). The van der Waals surface area contributed by atoms with Crippen LogP contribution in [0.1, 0.15) is 62.5 Å². The smallest absolute Gasteiger partial charge is 0.346 e. The summed E-state index contributed by atoms with van der Waals surface area (Å²) < 4.78 is 8.45. The Morgan fingerprint density at radius 1 is 0.923 bits per heavy atom. The van der Waals surface area contributed by atoms with Gasteiger partial charge in [0.25, 0.3) is 0 Å². The first kappa shape index (κ1) is 27.0. The molecule has 0 unspecified atom stereocenters. The summed E-state index contributed by atoms with van der Waals surface area (Å²) in [6.45, 7) is 10.1. The molecule has 1 N–H and O–H groups in total. The van der Waals surface area contributed by atoms with Crippen LogP contribution < -0.4 is 5.69 Å². The number of nitrogens with zero attached hydrogens (tertiary/aromatic N) is 5. The van der Waals surface area contributed by atoms with Crippen molar-refractivity contribution in [1.82, 2.24) is 24.3 Å². The molecule has 39 heavy (non-hydrogen) atoms. The van der Waals surface area contributed by atoms with Crippen LogP contribution in [0.4, 0.5) is 0 Å². The molecule has 2 aromatic carbocycles. The van der Waals surface area contributed by atoms with E-state index in [9.17, 15) is 9.90 Å². The van der Waals surface area contributed by atoms with E-state index in [2.05, 4.69) is 79.3 Å². The molecule has 3 heterocycles. The highest BCUT2D eigenvalue weighted by Crippen LogP contribution is 2.27. The van der Waals surface area contributed by atoms with Gasteiger partial charge in [0.2, 0.25) is 0 Å². The number of ether oxygens (including phenoxy) is 1. The van der Waals surface area contributed by atoms with E-state index in [1.165, 1.54) is 11.1 Å². The number of rotatable bonds is 9. The molecule has 0 saturated carbocycles. The maximum absolute atomic E-state index is 13.0. The van der Waals surface area contributed by atoms with Crippen LogP contribution in [0, 0.1) is 0 Å². The molecule has 1 saturated heterocycles. The van der Waals surface area contributed by atoms with Crippen LogP contribution in [-0.2, 0) is 41.7 Å². The van der Waals surface area contributed by atoms with Crippen LogP contribution in [0.2, 0.25) is 0 Å². The fraction of sp³-hybridized carbons (Fsp3) is 0.419. The summed E-state index contributed by atoms with van der Waals surface area (Å²) in [5, 5.41) is 15.0. The van der Waals surface area contributed by atoms with Gasteiger partial charge in [-0.25, -0.2) is 19.4 Å². The van der Waals surface area contributed by atoms with Gasteiger partial charge >= 0.3 is 5.69 Å². The number of hydrogen-bond donors (Lipinski definition) is 1. The zero-order valence-electron chi connectivity index (χ0n) is 23.2. The first-order chi connectivity index (χ1) is 18.7. The maximum Gasteiger partial charge on any atom is 0.346 e. The van der Waals surface area contributed by atoms with Crippen LogP contribution in [0.25, 0.3) is 11.1 Å². The van der Waals surface area contributed by atoms with Crippen molar-refractivity contribution in [3.8, 4) is 11.1 Å². The molecule has 0 spiro atoms. The summed E-state index contributed by atoms with van der Waals surface area (Å²) in [6.07, 6.45) is 6.01. The van der Waals surface area contributed by atoms with Gasteiger partial charge in [0.1, 0.15) is 5.82 Å². The second-order valence-corrected chi connectivity index (χ2v) is 11.4. The average Bonchev–Trinajstić information content (AvgIpc) is 3.21. The maximum atomic E-state index is 13.0. The highest BCUT2D eigenvalue weighted by atomic mass is 16.5. The summed E-state index contributed by atoms with van der Waals surface area (Å²) in [7, 11) is 0. The van der Waals surface area contributed by atoms with E-state index < -0.39 is 5.60 Å². The molecule has 8 nitrogen and oxygen atoms in total. The zero-order chi connectivity index (χ0) is 27.6. The number of hydrogen-bond acceptors (Lipinski definition) is 6. The molecular formula is C31H37N5O3. The predicted octanol–water partition coefficient (Wildman–Crippen LogP) is 4.26. The van der Waals surface area contributed by atoms with Crippen LogP contribution >= 0.6 is 0 Å². The second-order valence-electron chi connectivity index (χ2n) is 11.4. The monoisotopic (exact) mass is 527 g/mol. The summed E-state index contributed by atoms with van der Waals surface area (Å²) in [4.78, 5) is 21.7. The predicted molar refractivity (Wildman–Crippen MR) is 151 cm³/mol. The minimum absolute atomic E-state index is 0.0538. The lowest BCUT2D eigenvalue weighted by Gasteiger charge is -2.34. The fourth-order valence-electron chi connectivity index (χ4n) is 4.83. The van der Waals surface area contributed by atoms with E-state index in [4.69, 9.17) is 9.84 Å². The van der Waals surface area contributed by atoms with E-state index in [0.29, 0.717) is 18.9 Å². The van der Waals surface area contributed by atoms with Crippen LogP contribution in [0.5, 0.6) is 0 Å². The normalized spacial score (nSPS) is 14.8. The van der Waals surface area contributed by atoms with Gasteiger partial charge in [0, 0.05) is 30.9 Å². The molecule has 1 aliphatic rings. The van der Waals surface area contributed by atoms with Crippen molar-refractivity contribution in [3.63, 3.8) is 0 Å². The summed E-state index contributed by atoms with van der Waals surface area (Å²) >= 11 is 0. The van der Waals surface area contributed by atoms with Crippen molar-refractivity contribution in [2.24, 2.45) is 0 Å². The summed E-state index contributed by atoms with van der Waals surface area (Å²) in [6, 6.07) is 16.8. The summed E-state index contributed by atoms with van der Waals surface area (Å²) in [5.74, 6) is 1.24. The molecule has 4 aromatic rings. The minimum Gasteiger partial charge on any atom is -0.377 e. The van der Waals surface area contributed by atoms with Gasteiger partial charge in [0.05, 0.1) is 19.8 Å². The van der Waals surface area contributed by atoms with Gasteiger partial charge in [-0.1, -0.05) is 69.3 Å². The Bertz CT molecular complexity index is 1460. The lowest BCUT2D eigenvalue weighted by molar-refractivity contribution is -0.189. The van der Waals surface area contributed by atoms with E-state index in [1.807, 2.05) is 6.92 Å². The van der Waals surface area contributed by atoms with E-state index in [-0.39, 0.29) is 24.3 Å². The van der Waals surface area contributed by atoms with Crippen LogP contribution in [0.15, 0.2) is 65.7 Å². The molecule has 0 amide bonds. The SMILES string of the molecule is CCn1c(CCCc2ccc(-c3cnc(C4(O)COC4)nc3)cc2)nn(Cc2ccc(C(C)(C)C)cc2)c1=O. The first-order valence-corrected chi connectivity index (χ1v) is 13.6. The minimum atomic E-state index is -1.06. The molecule has 8 heteroatoms. The van der Waals surface area contributed by atoms with Gasteiger partial charge in [-0.2, -0.15) is 5.10 Å². The van der Waals surface area contributed by atoms with Crippen LogP contribution in [0.3, 0.4) is 0 Å². The Hall–Kier alpha value is -3.62. The Kier molecular flexibility index (Phi) is 7.51. The fourth-order valence-corrected chi connectivity index (χ4v) is 4.83. The Morgan fingerprint density at radius 2 is 1.56 bits per heavy atom. The molecule has 0 aliphatic carbocycles. The number of aliphatic hydroxyl groups is 1. The Balaban J connectivity index is 1.19. The van der Waals surface area contributed by atoms with Crippen molar-refractivity contribution in [3.05, 3.63) is 99.7 Å². The quantitative estimate of drug-likeness (QED) is 0.350. The molecule has 204 valence electrons. The largest absolute Gasteiger partial charge is 0.377 e. The summed E-state index contributed by atoms with van der Waals surface area (Å²) in [5.41, 5.74) is 4.49. The third kappa shape index (κ3) is 5.87. The highest BCUT2D eigenvalue weighted by Gasteiger charge is 2.40. The van der Waals surface area contributed by atoms with Gasteiger partial charge < -0.3 is 9.84 Å². The van der Waals surface area contributed by atoms with Crippen molar-refractivity contribution < 1.29 is 9.84 Å². The molecule has 0 radical (unpaired) electrons. The van der Waals surface area contributed by atoms with E-state index in [0.717, 1.165) is 41.8 Å². The van der Waals surface area contributed by atoms with E-state index >= 15 is 0 Å². The molecule has 0 atom stereocenters. The third-order valence-electron chi connectivity index (χ3n) is 7.37. The van der Waals surface area contributed by atoms with Crippen molar-refractivity contribution in [2.75, 3.05) is 13.2 Å². The van der Waals surface area contributed by atoms with Gasteiger partial charge in [-0.3, -0.25) is 4.57 Å². The number of benzene rings is 2. The highest BCUT2D eigenvalue weighted by molar-refractivity contribution is 5.61. The van der Waals surface area contributed by atoms with Crippen molar-refractivity contribution in [2.45, 2.75) is 71.1 Å². The standard InChI is InChI=1S/C31H37N5O3/c1-5-35-27(34-36(29(35)37)19-23-11-15-26(16-12-23)30(2,3)4)8-6-7-22-9-13-24(14-10-22)25-17-32-28(33-18-25)31(38)20-39-21-31/h9-18,38H,5-8,19-21H2,1-4H3.